The minimum atomic E-state index is 0.253. The molecule has 0 atom stereocenters. The van der Waals surface area contributed by atoms with E-state index >= 15 is 0 Å². The van der Waals surface area contributed by atoms with Gasteiger partial charge in [0.25, 0.3) is 0 Å². The van der Waals surface area contributed by atoms with Crippen LogP contribution < -0.4 is 9.64 Å². The second-order valence-corrected chi connectivity index (χ2v) is 6.22. The summed E-state index contributed by atoms with van der Waals surface area (Å²) in [7, 11) is 1.66. The van der Waals surface area contributed by atoms with Crippen molar-refractivity contribution in [2.75, 3.05) is 38.2 Å². The van der Waals surface area contributed by atoms with E-state index in [2.05, 4.69) is 18.7 Å². The normalized spacial score (nSPS) is 15.5. The molecule has 0 aromatic heterocycles. The van der Waals surface area contributed by atoms with Crippen LogP contribution in [-0.4, -0.2) is 44.1 Å². The molecule has 0 radical (unpaired) electrons. The molecule has 0 aliphatic carbocycles. The first-order valence-corrected chi connectivity index (χ1v) is 7.75. The molecule has 0 bridgehead atoms. The van der Waals surface area contributed by atoms with E-state index in [0.717, 1.165) is 37.6 Å². The van der Waals surface area contributed by atoms with Crippen LogP contribution >= 0.6 is 11.6 Å². The van der Waals surface area contributed by atoms with Gasteiger partial charge < -0.3 is 14.5 Å². The molecule has 0 N–H and O–H groups in total. The van der Waals surface area contributed by atoms with Crippen molar-refractivity contribution in [2.24, 2.45) is 5.92 Å². The highest BCUT2D eigenvalue weighted by molar-refractivity contribution is 6.30. The summed E-state index contributed by atoms with van der Waals surface area (Å²) in [6, 6.07) is 5.63. The number of benzene rings is 1. The Kier molecular flexibility index (Phi) is 5.34. The molecule has 0 unspecified atom stereocenters. The van der Waals surface area contributed by atoms with Crippen LogP contribution in [0.1, 0.15) is 20.3 Å². The molecule has 1 aromatic carbocycles. The van der Waals surface area contributed by atoms with E-state index in [1.165, 1.54) is 0 Å². The van der Waals surface area contributed by atoms with Gasteiger partial charge >= 0.3 is 0 Å². The Morgan fingerprint density at radius 2 is 1.95 bits per heavy atom. The number of anilines is 1. The first-order valence-electron chi connectivity index (χ1n) is 7.37. The number of nitrogens with zero attached hydrogens (tertiary/aromatic N) is 2. The van der Waals surface area contributed by atoms with E-state index in [1.807, 2.05) is 23.1 Å². The predicted molar refractivity (Wildman–Crippen MR) is 86.3 cm³/mol. The van der Waals surface area contributed by atoms with Crippen molar-refractivity contribution in [3.05, 3.63) is 23.2 Å². The summed E-state index contributed by atoms with van der Waals surface area (Å²) < 4.78 is 5.40. The summed E-state index contributed by atoms with van der Waals surface area (Å²) in [5, 5.41) is 0.698. The Balaban J connectivity index is 2.01. The summed E-state index contributed by atoms with van der Waals surface area (Å²) in [6.45, 7) is 7.26. The fourth-order valence-electron chi connectivity index (χ4n) is 2.59. The quantitative estimate of drug-likeness (QED) is 0.857. The minimum absolute atomic E-state index is 0.253. The summed E-state index contributed by atoms with van der Waals surface area (Å²) >= 11 is 6.08. The Hall–Kier alpha value is -1.42. The third-order valence-electron chi connectivity index (χ3n) is 3.70. The highest BCUT2D eigenvalue weighted by atomic mass is 35.5. The number of carbonyl (C=O) groups is 1. The number of amides is 1. The van der Waals surface area contributed by atoms with Gasteiger partial charge in [-0.1, -0.05) is 25.4 Å². The molecule has 1 aliphatic heterocycles. The monoisotopic (exact) mass is 310 g/mol. The molecule has 0 saturated carbocycles. The zero-order chi connectivity index (χ0) is 15.4. The highest BCUT2D eigenvalue weighted by Gasteiger charge is 2.23. The number of hydrogen-bond acceptors (Lipinski definition) is 3. The predicted octanol–water partition coefficient (Wildman–Crippen LogP) is 3.04. The molecular weight excluding hydrogens is 288 g/mol. The van der Waals surface area contributed by atoms with Crippen LogP contribution in [0.25, 0.3) is 0 Å². The molecule has 4 nitrogen and oxygen atoms in total. The zero-order valence-corrected chi connectivity index (χ0v) is 13.7. The van der Waals surface area contributed by atoms with Crippen molar-refractivity contribution >= 4 is 23.2 Å². The number of piperazine rings is 1. The van der Waals surface area contributed by atoms with E-state index in [4.69, 9.17) is 16.3 Å². The minimum Gasteiger partial charge on any atom is -0.495 e. The van der Waals surface area contributed by atoms with E-state index < -0.39 is 0 Å². The number of methoxy groups -OCH3 is 1. The average molecular weight is 311 g/mol. The maximum atomic E-state index is 12.1. The molecule has 1 fully saturated rings. The van der Waals surface area contributed by atoms with Crippen molar-refractivity contribution < 1.29 is 9.53 Å². The van der Waals surface area contributed by atoms with Crippen molar-refractivity contribution in [2.45, 2.75) is 20.3 Å². The maximum Gasteiger partial charge on any atom is 0.222 e. The molecule has 21 heavy (non-hydrogen) atoms. The molecular formula is C16H23ClN2O2. The lowest BCUT2D eigenvalue weighted by atomic mass is 10.1. The van der Waals surface area contributed by atoms with Crippen molar-refractivity contribution in [3.8, 4) is 5.75 Å². The molecule has 116 valence electrons. The maximum absolute atomic E-state index is 12.1. The number of rotatable bonds is 4. The summed E-state index contributed by atoms with van der Waals surface area (Å²) in [6.07, 6.45) is 0.625. The van der Waals surface area contributed by atoms with Gasteiger partial charge in [-0.2, -0.15) is 0 Å². The van der Waals surface area contributed by atoms with Gasteiger partial charge in [-0.05, 0) is 24.1 Å². The first-order chi connectivity index (χ1) is 10.0. The fourth-order valence-corrected chi connectivity index (χ4v) is 2.75. The Labute approximate surface area is 131 Å². The molecule has 5 heteroatoms. The van der Waals surface area contributed by atoms with Gasteiger partial charge in [-0.25, -0.2) is 0 Å². The average Bonchev–Trinajstić information content (AvgIpc) is 2.46. The Morgan fingerprint density at radius 3 is 2.52 bits per heavy atom. The molecule has 1 amide bonds. The number of ether oxygens (including phenoxy) is 1. The Bertz CT molecular complexity index is 497. The molecule has 2 rings (SSSR count). The SMILES string of the molecule is COc1ccc(Cl)cc1N1CCN(C(=O)CC(C)C)CC1. The van der Waals surface area contributed by atoms with Crippen LogP contribution in [0.15, 0.2) is 18.2 Å². The van der Waals surface area contributed by atoms with Gasteiger partial charge in [0.15, 0.2) is 0 Å². The molecule has 1 aromatic rings. The van der Waals surface area contributed by atoms with Crippen LogP contribution in [0.5, 0.6) is 5.75 Å². The second kappa shape index (κ2) is 7.03. The van der Waals surface area contributed by atoms with Gasteiger partial charge in [-0.3, -0.25) is 4.79 Å². The van der Waals surface area contributed by atoms with E-state index in [9.17, 15) is 4.79 Å². The fraction of sp³-hybridized carbons (Fsp3) is 0.562. The van der Waals surface area contributed by atoms with Crippen LogP contribution in [0, 0.1) is 5.92 Å². The van der Waals surface area contributed by atoms with Gasteiger partial charge in [0.2, 0.25) is 5.91 Å². The zero-order valence-electron chi connectivity index (χ0n) is 12.9. The number of carbonyl (C=O) groups excluding carboxylic acids is 1. The van der Waals surface area contributed by atoms with Gasteiger partial charge in [0.1, 0.15) is 5.75 Å². The largest absolute Gasteiger partial charge is 0.495 e. The van der Waals surface area contributed by atoms with Crippen LogP contribution in [-0.2, 0) is 4.79 Å². The lowest BCUT2D eigenvalue weighted by Crippen LogP contribution is -2.49. The second-order valence-electron chi connectivity index (χ2n) is 5.78. The Morgan fingerprint density at radius 1 is 1.29 bits per heavy atom. The third-order valence-corrected chi connectivity index (χ3v) is 3.93. The van der Waals surface area contributed by atoms with E-state index in [0.29, 0.717) is 17.4 Å². The van der Waals surface area contributed by atoms with Gasteiger partial charge in [0, 0.05) is 37.6 Å². The highest BCUT2D eigenvalue weighted by Crippen LogP contribution is 2.31. The lowest BCUT2D eigenvalue weighted by molar-refractivity contribution is -0.132. The topological polar surface area (TPSA) is 32.8 Å². The lowest BCUT2D eigenvalue weighted by Gasteiger charge is -2.37. The molecule has 0 spiro atoms. The standard InChI is InChI=1S/C16H23ClN2O2/c1-12(2)10-16(20)19-8-6-18(7-9-19)14-11-13(17)4-5-15(14)21-3/h4-5,11-12H,6-10H2,1-3H3. The summed E-state index contributed by atoms with van der Waals surface area (Å²) in [4.78, 5) is 16.3. The molecule has 1 saturated heterocycles. The van der Waals surface area contributed by atoms with Crippen molar-refractivity contribution in [3.63, 3.8) is 0 Å². The van der Waals surface area contributed by atoms with Crippen molar-refractivity contribution in [1.29, 1.82) is 0 Å². The third kappa shape index (κ3) is 4.03. The van der Waals surface area contributed by atoms with E-state index in [1.54, 1.807) is 7.11 Å². The van der Waals surface area contributed by atoms with Crippen molar-refractivity contribution in [1.82, 2.24) is 4.90 Å². The molecule has 1 heterocycles. The number of halogens is 1. The molecule has 1 aliphatic rings. The van der Waals surface area contributed by atoms with Crippen LogP contribution in [0.3, 0.4) is 0 Å². The van der Waals surface area contributed by atoms with Crippen LogP contribution in [0.2, 0.25) is 5.02 Å². The summed E-state index contributed by atoms with van der Waals surface area (Å²) in [5.41, 5.74) is 1.00. The summed E-state index contributed by atoms with van der Waals surface area (Å²) in [5.74, 6) is 1.48. The smallest absolute Gasteiger partial charge is 0.222 e. The van der Waals surface area contributed by atoms with Gasteiger partial charge in [-0.15, -0.1) is 0 Å². The number of hydrogen-bond donors (Lipinski definition) is 0. The van der Waals surface area contributed by atoms with E-state index in [-0.39, 0.29) is 5.91 Å². The van der Waals surface area contributed by atoms with Gasteiger partial charge in [0.05, 0.1) is 12.8 Å². The first kappa shape index (κ1) is 16.0. The van der Waals surface area contributed by atoms with Crippen LogP contribution in [0.4, 0.5) is 5.69 Å².